The van der Waals surface area contributed by atoms with Gasteiger partial charge in [0.1, 0.15) is 5.82 Å². The first-order valence-electron chi connectivity index (χ1n) is 5.49. The first-order chi connectivity index (χ1) is 7.84. The van der Waals surface area contributed by atoms with Crippen LogP contribution in [0.15, 0.2) is 18.5 Å². The Bertz CT molecular complexity index is 502. The van der Waals surface area contributed by atoms with E-state index in [-0.39, 0.29) is 0 Å². The molecule has 0 aliphatic carbocycles. The minimum Gasteiger partial charge on any atom is -0.384 e. The Morgan fingerprint density at radius 2 is 2.50 bits per heavy atom. The first-order valence-corrected chi connectivity index (χ1v) is 5.49. The van der Waals surface area contributed by atoms with Crippen LogP contribution in [-0.4, -0.2) is 27.8 Å². The summed E-state index contributed by atoms with van der Waals surface area (Å²) >= 11 is 0. The summed E-state index contributed by atoms with van der Waals surface area (Å²) in [6, 6.07) is 1.75. The zero-order chi connectivity index (χ0) is 11.0. The van der Waals surface area contributed by atoms with Crippen LogP contribution >= 0.6 is 0 Å². The van der Waals surface area contributed by atoms with Crippen molar-refractivity contribution in [1.82, 2.24) is 14.6 Å². The summed E-state index contributed by atoms with van der Waals surface area (Å²) < 4.78 is 7.05. The molecule has 2 N–H and O–H groups in total. The minimum atomic E-state index is 0.594. The van der Waals surface area contributed by atoms with E-state index in [9.17, 15) is 0 Å². The number of ether oxygens (including phenoxy) is 1. The fourth-order valence-corrected chi connectivity index (χ4v) is 2.16. The molecule has 1 saturated heterocycles. The lowest BCUT2D eigenvalue weighted by atomic mass is 10.0. The third-order valence-corrected chi connectivity index (χ3v) is 3.04. The Morgan fingerprint density at radius 1 is 1.56 bits per heavy atom. The Balaban J connectivity index is 1.94. The molecule has 3 heterocycles. The Kier molecular flexibility index (Phi) is 2.25. The highest BCUT2D eigenvalue weighted by atomic mass is 16.5. The fraction of sp³-hybridized carbons (Fsp3) is 0.455. The monoisotopic (exact) mass is 218 g/mol. The average Bonchev–Trinajstić information content (AvgIpc) is 2.90. The molecule has 0 bridgehead atoms. The van der Waals surface area contributed by atoms with E-state index in [2.05, 4.69) is 10.1 Å². The summed E-state index contributed by atoms with van der Waals surface area (Å²) in [6.45, 7) is 1.72. The molecule has 1 aliphatic rings. The first kappa shape index (κ1) is 9.59. The molecule has 0 spiro atoms. The highest BCUT2D eigenvalue weighted by Gasteiger charge is 2.18. The highest BCUT2D eigenvalue weighted by molar-refractivity contribution is 5.51. The molecule has 84 valence electrons. The van der Waals surface area contributed by atoms with Crippen LogP contribution in [0.1, 0.15) is 12.0 Å². The molecule has 1 unspecified atom stereocenters. The molecule has 2 aromatic heterocycles. The molecule has 0 radical (unpaired) electrons. The van der Waals surface area contributed by atoms with Gasteiger partial charge < -0.3 is 10.5 Å². The van der Waals surface area contributed by atoms with E-state index in [1.807, 2.05) is 6.20 Å². The lowest BCUT2D eigenvalue weighted by molar-refractivity contribution is 0.186. The zero-order valence-electron chi connectivity index (χ0n) is 8.97. The lowest BCUT2D eigenvalue weighted by Crippen LogP contribution is -2.04. The maximum absolute atomic E-state index is 5.81. The van der Waals surface area contributed by atoms with Crippen LogP contribution in [0.2, 0.25) is 0 Å². The highest BCUT2D eigenvalue weighted by Crippen LogP contribution is 2.20. The van der Waals surface area contributed by atoms with E-state index in [1.54, 1.807) is 16.8 Å². The van der Waals surface area contributed by atoms with E-state index in [4.69, 9.17) is 10.5 Å². The van der Waals surface area contributed by atoms with Gasteiger partial charge in [-0.3, -0.25) is 0 Å². The number of nitrogen functional groups attached to an aromatic ring is 1. The topological polar surface area (TPSA) is 65.4 Å². The number of nitrogens with two attached hydrogens (primary N) is 1. The smallest absolute Gasteiger partial charge is 0.160 e. The molecule has 1 atom stereocenters. The van der Waals surface area contributed by atoms with Gasteiger partial charge in [0.25, 0.3) is 0 Å². The van der Waals surface area contributed by atoms with Crippen molar-refractivity contribution >= 4 is 11.5 Å². The van der Waals surface area contributed by atoms with Gasteiger partial charge >= 0.3 is 0 Å². The number of rotatable bonds is 2. The Hall–Kier alpha value is -1.62. The van der Waals surface area contributed by atoms with E-state index in [0.29, 0.717) is 11.7 Å². The standard InChI is InChI=1S/C11H14N4O/c12-10-1-3-13-11-9(6-14-15(10)11)5-8-2-4-16-7-8/h1,3,6,8H,2,4-5,7,12H2. The Labute approximate surface area is 93.2 Å². The molecule has 5 nitrogen and oxygen atoms in total. The zero-order valence-corrected chi connectivity index (χ0v) is 8.97. The van der Waals surface area contributed by atoms with Crippen LogP contribution in [0, 0.1) is 5.92 Å². The van der Waals surface area contributed by atoms with Crippen molar-refractivity contribution in [3.8, 4) is 0 Å². The van der Waals surface area contributed by atoms with Crippen molar-refractivity contribution in [3.05, 3.63) is 24.0 Å². The minimum absolute atomic E-state index is 0.594. The molecule has 5 heteroatoms. The SMILES string of the molecule is Nc1ccnc2c(CC3CCOC3)cnn12. The maximum Gasteiger partial charge on any atom is 0.160 e. The molecule has 2 aromatic rings. The molecule has 0 aromatic carbocycles. The predicted molar refractivity (Wildman–Crippen MR) is 60.0 cm³/mol. The summed E-state index contributed by atoms with van der Waals surface area (Å²) in [5, 5.41) is 4.25. The lowest BCUT2D eigenvalue weighted by Gasteiger charge is -2.05. The van der Waals surface area contributed by atoms with Crippen LogP contribution in [0.5, 0.6) is 0 Å². The molecule has 1 aliphatic heterocycles. The molecule has 16 heavy (non-hydrogen) atoms. The number of nitrogens with zero attached hydrogens (tertiary/aromatic N) is 3. The quantitative estimate of drug-likeness (QED) is 0.813. The molecular weight excluding hydrogens is 204 g/mol. The van der Waals surface area contributed by atoms with E-state index >= 15 is 0 Å². The van der Waals surface area contributed by atoms with E-state index in [1.165, 1.54) is 0 Å². The molecule has 1 fully saturated rings. The second-order valence-corrected chi connectivity index (χ2v) is 4.21. The number of hydrogen-bond acceptors (Lipinski definition) is 4. The summed E-state index contributed by atoms with van der Waals surface area (Å²) in [5.74, 6) is 1.22. The maximum atomic E-state index is 5.81. The molecule has 3 rings (SSSR count). The predicted octanol–water partition coefficient (Wildman–Crippen LogP) is 0.890. The van der Waals surface area contributed by atoms with Crippen LogP contribution in [0.25, 0.3) is 5.65 Å². The van der Waals surface area contributed by atoms with Crippen LogP contribution in [0.4, 0.5) is 5.82 Å². The Morgan fingerprint density at radius 3 is 3.31 bits per heavy atom. The van der Waals surface area contributed by atoms with Gasteiger partial charge in [0.2, 0.25) is 0 Å². The number of hydrogen-bond donors (Lipinski definition) is 1. The van der Waals surface area contributed by atoms with Gasteiger partial charge in [-0.2, -0.15) is 9.61 Å². The third kappa shape index (κ3) is 1.53. The van der Waals surface area contributed by atoms with Crippen LogP contribution < -0.4 is 5.73 Å². The van der Waals surface area contributed by atoms with E-state index < -0.39 is 0 Å². The van der Waals surface area contributed by atoms with Gasteiger partial charge in [0.15, 0.2) is 5.65 Å². The average molecular weight is 218 g/mol. The fourth-order valence-electron chi connectivity index (χ4n) is 2.16. The third-order valence-electron chi connectivity index (χ3n) is 3.04. The summed E-state index contributed by atoms with van der Waals surface area (Å²) in [6.07, 6.45) is 5.68. The van der Waals surface area contributed by atoms with Crippen molar-refractivity contribution in [3.63, 3.8) is 0 Å². The summed E-state index contributed by atoms with van der Waals surface area (Å²) in [4.78, 5) is 4.32. The van der Waals surface area contributed by atoms with Crippen LogP contribution in [0.3, 0.4) is 0 Å². The van der Waals surface area contributed by atoms with Gasteiger partial charge in [-0.05, 0) is 24.8 Å². The van der Waals surface area contributed by atoms with Gasteiger partial charge in [0.05, 0.1) is 6.20 Å². The van der Waals surface area contributed by atoms with Crippen molar-refractivity contribution in [1.29, 1.82) is 0 Å². The van der Waals surface area contributed by atoms with Crippen molar-refractivity contribution in [2.45, 2.75) is 12.8 Å². The van der Waals surface area contributed by atoms with Gasteiger partial charge in [-0.1, -0.05) is 0 Å². The molecule has 0 saturated carbocycles. The van der Waals surface area contributed by atoms with E-state index in [0.717, 1.165) is 37.3 Å². The number of anilines is 1. The number of aromatic nitrogens is 3. The van der Waals surface area contributed by atoms with Crippen molar-refractivity contribution in [2.75, 3.05) is 18.9 Å². The normalized spacial score (nSPS) is 20.6. The van der Waals surface area contributed by atoms with Crippen molar-refractivity contribution in [2.24, 2.45) is 5.92 Å². The van der Waals surface area contributed by atoms with Gasteiger partial charge in [-0.25, -0.2) is 4.98 Å². The second kappa shape index (κ2) is 3.75. The van der Waals surface area contributed by atoms with Crippen molar-refractivity contribution < 1.29 is 4.74 Å². The largest absolute Gasteiger partial charge is 0.384 e. The summed E-state index contributed by atoms with van der Waals surface area (Å²) in [7, 11) is 0. The molecular formula is C11H14N4O. The summed E-state index contributed by atoms with van der Waals surface area (Å²) in [5.41, 5.74) is 7.84. The van der Waals surface area contributed by atoms with Crippen LogP contribution in [-0.2, 0) is 11.2 Å². The molecule has 0 amide bonds. The number of fused-ring (bicyclic) bond motifs is 1. The van der Waals surface area contributed by atoms with Gasteiger partial charge in [-0.15, -0.1) is 0 Å². The van der Waals surface area contributed by atoms with Gasteiger partial charge in [0, 0.05) is 25.0 Å². The second-order valence-electron chi connectivity index (χ2n) is 4.21.